The van der Waals surface area contributed by atoms with Gasteiger partial charge in [-0.15, -0.1) is 11.3 Å². The number of aromatic nitrogens is 1. The minimum atomic E-state index is -3.10. The highest BCUT2D eigenvalue weighted by Gasteiger charge is 2.13. The maximum atomic E-state index is 13.4. The number of aryl methyl sites for hydroxylation is 1. The summed E-state index contributed by atoms with van der Waals surface area (Å²) in [6, 6.07) is 2.06. The minimum absolute atomic E-state index is 0.112. The van der Waals surface area contributed by atoms with Crippen LogP contribution in [0, 0.1) is 5.82 Å². The van der Waals surface area contributed by atoms with Gasteiger partial charge in [0.25, 0.3) is 0 Å². The second-order valence-electron chi connectivity index (χ2n) is 4.18. The van der Waals surface area contributed by atoms with Crippen molar-refractivity contribution >= 4 is 22.7 Å². The summed E-state index contributed by atoms with van der Waals surface area (Å²) in [5.74, 6) is -1.48. The molecule has 4 nitrogen and oxygen atoms in total. The number of hydrogen-bond donors (Lipinski definition) is 2. The molecule has 1 aromatic carbocycles. The Morgan fingerprint density at radius 1 is 1.43 bits per heavy atom. The molecule has 8 heteroatoms. The number of benzene rings is 1. The van der Waals surface area contributed by atoms with E-state index in [1.54, 1.807) is 6.20 Å². The molecule has 114 valence electrons. The Morgan fingerprint density at radius 2 is 2.19 bits per heavy atom. The van der Waals surface area contributed by atoms with Gasteiger partial charge in [0.2, 0.25) is 0 Å². The van der Waals surface area contributed by atoms with Crippen LogP contribution in [0.1, 0.15) is 16.8 Å². The number of rotatable bonds is 6. The van der Waals surface area contributed by atoms with Gasteiger partial charge < -0.3 is 15.8 Å². The van der Waals surface area contributed by atoms with Gasteiger partial charge in [-0.3, -0.25) is 0 Å². The maximum absolute atomic E-state index is 13.4. The number of alkyl halides is 2. The molecular formula is C13H14F3N3OS. The van der Waals surface area contributed by atoms with Crippen LogP contribution in [0.3, 0.4) is 0 Å². The van der Waals surface area contributed by atoms with Crippen molar-refractivity contribution in [2.75, 3.05) is 11.1 Å². The summed E-state index contributed by atoms with van der Waals surface area (Å²) in [6.07, 6.45) is 2.67. The Kier molecular flexibility index (Phi) is 4.89. The predicted octanol–water partition coefficient (Wildman–Crippen LogP) is 3.64. The topological polar surface area (TPSA) is 60.2 Å². The van der Waals surface area contributed by atoms with E-state index in [9.17, 15) is 13.2 Å². The van der Waals surface area contributed by atoms with E-state index in [0.717, 1.165) is 28.4 Å². The largest absolute Gasteiger partial charge is 0.432 e. The van der Waals surface area contributed by atoms with E-state index < -0.39 is 18.2 Å². The fourth-order valence-corrected chi connectivity index (χ4v) is 2.47. The number of anilines is 2. The fraction of sp³-hybridized carbons (Fsp3) is 0.308. The van der Waals surface area contributed by atoms with Crippen molar-refractivity contribution in [3.8, 4) is 5.75 Å². The van der Waals surface area contributed by atoms with Crippen molar-refractivity contribution < 1.29 is 17.9 Å². The van der Waals surface area contributed by atoms with Gasteiger partial charge >= 0.3 is 6.61 Å². The molecule has 0 aliphatic carbocycles. The summed E-state index contributed by atoms with van der Waals surface area (Å²) >= 11 is 1.54. The molecule has 0 amide bonds. The number of nitrogen functional groups attached to an aromatic ring is 1. The van der Waals surface area contributed by atoms with E-state index >= 15 is 0 Å². The molecule has 0 aliphatic rings. The lowest BCUT2D eigenvalue weighted by molar-refractivity contribution is -0.0521. The third-order valence-electron chi connectivity index (χ3n) is 2.70. The fourth-order valence-electron chi connectivity index (χ4n) is 1.67. The molecule has 1 heterocycles. The van der Waals surface area contributed by atoms with Gasteiger partial charge in [0.05, 0.1) is 17.9 Å². The average Bonchev–Trinajstić information content (AvgIpc) is 2.88. The first-order valence-corrected chi connectivity index (χ1v) is 7.02. The standard InChI is InChI=1S/C13H14F3N3OS/c1-2-7-5-19-12(21-7)6-18-10-4-11(20-13(15)16)8(14)3-9(10)17/h3-5,13,18H,2,6,17H2,1H3. The van der Waals surface area contributed by atoms with E-state index in [2.05, 4.69) is 15.0 Å². The zero-order chi connectivity index (χ0) is 15.4. The highest BCUT2D eigenvalue weighted by molar-refractivity contribution is 7.11. The molecule has 0 saturated heterocycles. The number of halogens is 3. The van der Waals surface area contributed by atoms with E-state index in [0.29, 0.717) is 12.2 Å². The van der Waals surface area contributed by atoms with Gasteiger partial charge in [0.1, 0.15) is 5.01 Å². The van der Waals surface area contributed by atoms with Crippen LogP contribution in [0.5, 0.6) is 5.75 Å². The number of hydrogen-bond acceptors (Lipinski definition) is 5. The van der Waals surface area contributed by atoms with Crippen LogP contribution < -0.4 is 15.8 Å². The molecule has 0 aliphatic heterocycles. The van der Waals surface area contributed by atoms with Gasteiger partial charge in [-0.1, -0.05) is 6.92 Å². The molecule has 0 fully saturated rings. The molecule has 0 saturated carbocycles. The average molecular weight is 317 g/mol. The second kappa shape index (κ2) is 6.66. The Balaban J connectivity index is 2.11. The van der Waals surface area contributed by atoms with Crippen LogP contribution in [0.15, 0.2) is 18.3 Å². The first-order chi connectivity index (χ1) is 9.99. The van der Waals surface area contributed by atoms with Crippen molar-refractivity contribution in [2.45, 2.75) is 26.5 Å². The summed E-state index contributed by atoms with van der Waals surface area (Å²) in [5.41, 5.74) is 6.09. The van der Waals surface area contributed by atoms with Crippen molar-refractivity contribution in [2.24, 2.45) is 0 Å². The van der Waals surface area contributed by atoms with Crippen LogP contribution in [-0.2, 0) is 13.0 Å². The molecule has 0 unspecified atom stereocenters. The van der Waals surface area contributed by atoms with Gasteiger partial charge in [0, 0.05) is 23.2 Å². The minimum Gasteiger partial charge on any atom is -0.432 e. The van der Waals surface area contributed by atoms with Crippen LogP contribution in [0.4, 0.5) is 24.5 Å². The normalized spacial score (nSPS) is 10.9. The summed E-state index contributed by atoms with van der Waals surface area (Å²) < 4.78 is 41.9. The van der Waals surface area contributed by atoms with Crippen molar-refractivity contribution in [3.05, 3.63) is 34.0 Å². The second-order valence-corrected chi connectivity index (χ2v) is 5.38. The van der Waals surface area contributed by atoms with Crippen LogP contribution in [0.25, 0.3) is 0 Å². The molecule has 21 heavy (non-hydrogen) atoms. The van der Waals surface area contributed by atoms with Crippen molar-refractivity contribution in [1.29, 1.82) is 0 Å². The number of nitrogens with two attached hydrogens (primary N) is 1. The van der Waals surface area contributed by atoms with E-state index in [-0.39, 0.29) is 5.69 Å². The van der Waals surface area contributed by atoms with Crippen LogP contribution in [-0.4, -0.2) is 11.6 Å². The van der Waals surface area contributed by atoms with E-state index in [1.807, 2.05) is 6.92 Å². The number of thiazole rings is 1. The van der Waals surface area contributed by atoms with E-state index in [4.69, 9.17) is 5.73 Å². The third-order valence-corrected chi connectivity index (χ3v) is 3.84. The van der Waals surface area contributed by atoms with Crippen LogP contribution >= 0.6 is 11.3 Å². The van der Waals surface area contributed by atoms with Crippen molar-refractivity contribution in [1.82, 2.24) is 4.98 Å². The zero-order valence-electron chi connectivity index (χ0n) is 11.2. The summed E-state index contributed by atoms with van der Waals surface area (Å²) in [7, 11) is 0. The smallest absolute Gasteiger partial charge is 0.387 e. The number of nitrogens with one attached hydrogen (secondary N) is 1. The first kappa shape index (κ1) is 15.4. The molecule has 2 rings (SSSR count). The Bertz CT molecular complexity index is 619. The molecule has 0 radical (unpaired) electrons. The Labute approximate surface area is 123 Å². The van der Waals surface area contributed by atoms with Gasteiger partial charge in [0.15, 0.2) is 11.6 Å². The summed E-state index contributed by atoms with van der Waals surface area (Å²) in [4.78, 5) is 5.35. The van der Waals surface area contributed by atoms with Gasteiger partial charge in [-0.2, -0.15) is 8.78 Å². The third kappa shape index (κ3) is 4.01. The molecule has 3 N–H and O–H groups in total. The molecule has 0 atom stereocenters. The van der Waals surface area contributed by atoms with Gasteiger partial charge in [-0.25, -0.2) is 9.37 Å². The highest BCUT2D eigenvalue weighted by Crippen LogP contribution is 2.29. The summed E-state index contributed by atoms with van der Waals surface area (Å²) in [5, 5.41) is 3.76. The summed E-state index contributed by atoms with van der Waals surface area (Å²) in [6.45, 7) is -0.701. The Morgan fingerprint density at radius 3 is 2.81 bits per heavy atom. The predicted molar refractivity (Wildman–Crippen MR) is 76.3 cm³/mol. The van der Waals surface area contributed by atoms with Gasteiger partial charge in [-0.05, 0) is 6.42 Å². The SMILES string of the molecule is CCc1cnc(CNc2cc(OC(F)F)c(F)cc2N)s1. The van der Waals surface area contributed by atoms with E-state index in [1.165, 1.54) is 11.3 Å². The quantitative estimate of drug-likeness (QED) is 0.799. The molecule has 1 aromatic heterocycles. The molecular weight excluding hydrogens is 303 g/mol. The lowest BCUT2D eigenvalue weighted by atomic mass is 10.2. The van der Waals surface area contributed by atoms with Crippen molar-refractivity contribution in [3.63, 3.8) is 0 Å². The monoisotopic (exact) mass is 317 g/mol. The maximum Gasteiger partial charge on any atom is 0.387 e. The Hall–Kier alpha value is -1.96. The number of nitrogens with zero attached hydrogens (tertiary/aromatic N) is 1. The lowest BCUT2D eigenvalue weighted by Gasteiger charge is -2.12. The molecule has 2 aromatic rings. The molecule has 0 spiro atoms. The lowest BCUT2D eigenvalue weighted by Crippen LogP contribution is -2.07. The van der Waals surface area contributed by atoms with Crippen LogP contribution in [0.2, 0.25) is 0 Å². The molecule has 0 bridgehead atoms. The highest BCUT2D eigenvalue weighted by atomic mass is 32.1. The first-order valence-electron chi connectivity index (χ1n) is 6.21. The zero-order valence-corrected chi connectivity index (χ0v) is 12.0. The number of ether oxygens (including phenoxy) is 1.